The van der Waals surface area contributed by atoms with Gasteiger partial charge < -0.3 is 5.11 Å². The number of H-pyrrole nitrogens is 1. The number of aromatic hydroxyl groups is 1. The summed E-state index contributed by atoms with van der Waals surface area (Å²) in [5.41, 5.74) is 4.91. The lowest BCUT2D eigenvalue weighted by Gasteiger charge is -2.14. The fourth-order valence-corrected chi connectivity index (χ4v) is 2.96. The Bertz CT molecular complexity index is 1160. The van der Waals surface area contributed by atoms with Gasteiger partial charge in [-0.25, -0.2) is 9.36 Å². The topological polar surface area (TPSA) is 99.5 Å². The van der Waals surface area contributed by atoms with E-state index in [4.69, 9.17) is 0 Å². The zero-order chi connectivity index (χ0) is 20.3. The van der Waals surface area contributed by atoms with Gasteiger partial charge in [0.15, 0.2) is 0 Å². The van der Waals surface area contributed by atoms with Gasteiger partial charge in [-0.2, -0.15) is 5.10 Å². The van der Waals surface area contributed by atoms with Crippen LogP contribution >= 0.6 is 0 Å². The lowest BCUT2D eigenvalue weighted by Crippen LogP contribution is -2.33. The number of nitrogens with zero attached hydrogens (tertiary/aromatic N) is 2. The zero-order valence-electron chi connectivity index (χ0n) is 16.0. The Kier molecular flexibility index (Phi) is 5.44. The highest BCUT2D eigenvalue weighted by Gasteiger charge is 2.20. The highest BCUT2D eigenvalue weighted by atomic mass is 16.3. The fourth-order valence-electron chi connectivity index (χ4n) is 2.96. The Morgan fingerprint density at radius 1 is 1.07 bits per heavy atom. The number of hydrogen-bond acceptors (Lipinski definition) is 5. The van der Waals surface area contributed by atoms with Gasteiger partial charge in [0.05, 0.1) is 17.1 Å². The molecule has 0 saturated heterocycles. The zero-order valence-corrected chi connectivity index (χ0v) is 16.0. The SMILES string of the molecule is CCC(=NNc1ccccc1C)c1c(O)n(-c2ccccc2C)c(=O)[nH]c1=O. The second kappa shape index (κ2) is 7.96. The minimum Gasteiger partial charge on any atom is -0.493 e. The van der Waals surface area contributed by atoms with Crippen LogP contribution in [-0.2, 0) is 0 Å². The minimum absolute atomic E-state index is 0.0357. The van der Waals surface area contributed by atoms with Gasteiger partial charge in [-0.1, -0.05) is 43.3 Å². The Morgan fingerprint density at radius 2 is 1.71 bits per heavy atom. The maximum absolute atomic E-state index is 12.5. The summed E-state index contributed by atoms with van der Waals surface area (Å²) in [5, 5.41) is 15.1. The van der Waals surface area contributed by atoms with Crippen molar-refractivity contribution in [2.24, 2.45) is 5.10 Å². The average molecular weight is 378 g/mol. The fraction of sp³-hybridized carbons (Fsp3) is 0.190. The summed E-state index contributed by atoms with van der Waals surface area (Å²) in [6.45, 7) is 5.58. The lowest BCUT2D eigenvalue weighted by molar-refractivity contribution is 0.429. The van der Waals surface area contributed by atoms with Crippen LogP contribution in [0.25, 0.3) is 5.69 Å². The van der Waals surface area contributed by atoms with E-state index in [-0.39, 0.29) is 5.56 Å². The number of aromatic nitrogens is 2. The summed E-state index contributed by atoms with van der Waals surface area (Å²) in [6, 6.07) is 14.7. The van der Waals surface area contributed by atoms with Gasteiger partial charge in [-0.05, 0) is 43.5 Å². The molecule has 7 heteroatoms. The van der Waals surface area contributed by atoms with Crippen molar-refractivity contribution in [1.82, 2.24) is 9.55 Å². The maximum Gasteiger partial charge on any atom is 0.335 e. The Morgan fingerprint density at radius 3 is 2.36 bits per heavy atom. The number of para-hydroxylation sites is 2. The van der Waals surface area contributed by atoms with E-state index in [1.54, 1.807) is 12.1 Å². The first-order valence-corrected chi connectivity index (χ1v) is 8.97. The summed E-state index contributed by atoms with van der Waals surface area (Å²) >= 11 is 0. The first-order valence-electron chi connectivity index (χ1n) is 8.97. The van der Waals surface area contributed by atoms with Crippen molar-refractivity contribution in [1.29, 1.82) is 0 Å². The molecule has 3 N–H and O–H groups in total. The van der Waals surface area contributed by atoms with Crippen molar-refractivity contribution in [3.63, 3.8) is 0 Å². The second-order valence-corrected chi connectivity index (χ2v) is 6.42. The number of benzene rings is 2. The number of hydrazone groups is 1. The summed E-state index contributed by atoms with van der Waals surface area (Å²) in [5.74, 6) is -0.435. The first-order chi connectivity index (χ1) is 13.4. The predicted octanol–water partition coefficient (Wildman–Crippen LogP) is 3.07. The van der Waals surface area contributed by atoms with Crippen LogP contribution in [0.15, 0.2) is 63.2 Å². The molecule has 1 heterocycles. The normalized spacial score (nSPS) is 11.5. The van der Waals surface area contributed by atoms with Crippen LogP contribution in [0.5, 0.6) is 5.88 Å². The molecule has 1 aromatic heterocycles. The number of anilines is 1. The molecule has 7 nitrogen and oxygen atoms in total. The van der Waals surface area contributed by atoms with Crippen molar-refractivity contribution in [2.45, 2.75) is 27.2 Å². The molecule has 0 fully saturated rings. The van der Waals surface area contributed by atoms with Crippen LogP contribution in [0.1, 0.15) is 30.0 Å². The minimum atomic E-state index is -0.706. The third-order valence-electron chi connectivity index (χ3n) is 4.52. The van der Waals surface area contributed by atoms with Crippen molar-refractivity contribution in [2.75, 3.05) is 5.43 Å². The third-order valence-corrected chi connectivity index (χ3v) is 4.52. The van der Waals surface area contributed by atoms with Crippen molar-refractivity contribution in [3.05, 3.63) is 86.1 Å². The van der Waals surface area contributed by atoms with Crippen LogP contribution < -0.4 is 16.7 Å². The third kappa shape index (κ3) is 3.59. The summed E-state index contributed by atoms with van der Waals surface area (Å²) in [4.78, 5) is 27.1. The number of aryl methyl sites for hydroxylation is 2. The van der Waals surface area contributed by atoms with E-state index < -0.39 is 17.1 Å². The Balaban J connectivity index is 2.15. The number of nitrogens with one attached hydrogen (secondary N) is 2. The van der Waals surface area contributed by atoms with Crippen molar-refractivity contribution < 1.29 is 5.11 Å². The van der Waals surface area contributed by atoms with E-state index in [1.165, 1.54) is 0 Å². The van der Waals surface area contributed by atoms with Gasteiger partial charge in [0.2, 0.25) is 5.88 Å². The number of rotatable bonds is 5. The molecular weight excluding hydrogens is 356 g/mol. The summed E-state index contributed by atoms with van der Waals surface area (Å²) in [6.07, 6.45) is 0.376. The molecule has 28 heavy (non-hydrogen) atoms. The van der Waals surface area contributed by atoms with E-state index in [9.17, 15) is 14.7 Å². The highest BCUT2D eigenvalue weighted by Crippen LogP contribution is 2.21. The first kappa shape index (κ1) is 19.2. The molecule has 0 aliphatic carbocycles. The summed E-state index contributed by atoms with van der Waals surface area (Å²) < 4.78 is 1.09. The molecule has 2 aromatic carbocycles. The maximum atomic E-state index is 12.5. The van der Waals surface area contributed by atoms with E-state index in [1.807, 2.05) is 57.2 Å². The van der Waals surface area contributed by atoms with Gasteiger partial charge in [0, 0.05) is 0 Å². The van der Waals surface area contributed by atoms with Gasteiger partial charge in [0.1, 0.15) is 5.56 Å². The monoisotopic (exact) mass is 378 g/mol. The second-order valence-electron chi connectivity index (χ2n) is 6.42. The standard InChI is InChI=1S/C21H22N4O3/c1-4-15(23-24-16-11-7-5-9-13(16)2)18-19(26)22-21(28)25(20(18)27)17-12-8-6-10-14(17)3/h5-12,24,27H,4H2,1-3H3,(H,22,26,28). The van der Waals surface area contributed by atoms with Crippen molar-refractivity contribution >= 4 is 11.4 Å². The van der Waals surface area contributed by atoms with E-state index in [2.05, 4.69) is 15.5 Å². The van der Waals surface area contributed by atoms with Crippen LogP contribution in [-0.4, -0.2) is 20.4 Å². The van der Waals surface area contributed by atoms with Crippen LogP contribution in [0.3, 0.4) is 0 Å². The largest absolute Gasteiger partial charge is 0.493 e. The molecule has 0 bridgehead atoms. The van der Waals surface area contributed by atoms with Gasteiger partial charge in [-0.3, -0.25) is 15.2 Å². The molecule has 0 amide bonds. The van der Waals surface area contributed by atoms with Crippen LogP contribution in [0.4, 0.5) is 5.69 Å². The molecule has 0 spiro atoms. The molecule has 0 aliphatic rings. The lowest BCUT2D eigenvalue weighted by atomic mass is 10.1. The molecule has 3 rings (SSSR count). The molecule has 0 atom stereocenters. The van der Waals surface area contributed by atoms with Gasteiger partial charge in [-0.15, -0.1) is 0 Å². The van der Waals surface area contributed by atoms with Gasteiger partial charge in [0.25, 0.3) is 5.56 Å². The highest BCUT2D eigenvalue weighted by molar-refractivity contribution is 6.02. The Hall–Kier alpha value is -3.61. The van der Waals surface area contributed by atoms with Crippen molar-refractivity contribution in [3.8, 4) is 11.6 Å². The smallest absolute Gasteiger partial charge is 0.335 e. The molecule has 0 radical (unpaired) electrons. The molecule has 0 unspecified atom stereocenters. The van der Waals surface area contributed by atoms with Gasteiger partial charge >= 0.3 is 5.69 Å². The summed E-state index contributed by atoms with van der Waals surface area (Å²) in [7, 11) is 0. The average Bonchev–Trinajstić information content (AvgIpc) is 2.66. The molecule has 3 aromatic rings. The molecular formula is C21H22N4O3. The number of aromatic amines is 1. The predicted molar refractivity (Wildman–Crippen MR) is 111 cm³/mol. The van der Waals surface area contributed by atoms with Crippen LogP contribution in [0.2, 0.25) is 0 Å². The Labute approximate surface area is 162 Å². The number of hydrogen-bond donors (Lipinski definition) is 3. The molecule has 0 aliphatic heterocycles. The van der Waals surface area contributed by atoms with Crippen LogP contribution in [0, 0.1) is 13.8 Å². The quantitative estimate of drug-likeness (QED) is 0.469. The van der Waals surface area contributed by atoms with E-state index in [0.717, 1.165) is 21.4 Å². The van der Waals surface area contributed by atoms with E-state index in [0.29, 0.717) is 17.8 Å². The molecule has 0 saturated carbocycles. The van der Waals surface area contributed by atoms with E-state index >= 15 is 0 Å². The molecule has 144 valence electrons.